The van der Waals surface area contributed by atoms with Gasteiger partial charge in [0.2, 0.25) is 5.91 Å². The highest BCUT2D eigenvalue weighted by molar-refractivity contribution is 5.77. The molecule has 1 unspecified atom stereocenters. The maximum Gasteiger partial charge on any atom is 0.257 e. The van der Waals surface area contributed by atoms with E-state index in [1.165, 1.54) is 0 Å². The van der Waals surface area contributed by atoms with Gasteiger partial charge in [0, 0.05) is 25.6 Å². The van der Waals surface area contributed by atoms with E-state index in [4.69, 9.17) is 10.5 Å². The van der Waals surface area contributed by atoms with E-state index in [2.05, 4.69) is 10.6 Å². The van der Waals surface area contributed by atoms with Crippen LogP contribution in [0.2, 0.25) is 0 Å². The molecule has 1 aromatic carbocycles. The summed E-state index contributed by atoms with van der Waals surface area (Å²) in [5.41, 5.74) is 6.46. The molecule has 4 N–H and O–H groups in total. The highest BCUT2D eigenvalue weighted by Gasteiger charge is 2.05. The van der Waals surface area contributed by atoms with Crippen LogP contribution in [0, 0.1) is 0 Å². The van der Waals surface area contributed by atoms with Crippen molar-refractivity contribution in [2.24, 2.45) is 5.73 Å². The van der Waals surface area contributed by atoms with Crippen molar-refractivity contribution >= 4 is 11.8 Å². The minimum atomic E-state index is -0.159. The van der Waals surface area contributed by atoms with Crippen molar-refractivity contribution in [3.63, 3.8) is 0 Å². The number of carbonyl (C=O) groups excluding carboxylic acids is 2. The summed E-state index contributed by atoms with van der Waals surface area (Å²) in [7, 11) is 0. The summed E-state index contributed by atoms with van der Waals surface area (Å²) in [4.78, 5) is 22.8. The monoisotopic (exact) mass is 293 g/mol. The molecule has 6 nitrogen and oxygen atoms in total. The maximum absolute atomic E-state index is 11.5. The first-order valence-corrected chi connectivity index (χ1v) is 7.02. The van der Waals surface area contributed by atoms with E-state index in [1.54, 1.807) is 19.1 Å². The number of nitrogens with one attached hydrogen (secondary N) is 2. The Morgan fingerprint density at radius 1 is 1.29 bits per heavy atom. The molecule has 0 aromatic heterocycles. The van der Waals surface area contributed by atoms with Crippen molar-refractivity contribution in [1.29, 1.82) is 0 Å². The highest BCUT2D eigenvalue weighted by Crippen LogP contribution is 2.13. The van der Waals surface area contributed by atoms with E-state index in [9.17, 15) is 9.59 Å². The number of hydrogen-bond acceptors (Lipinski definition) is 4. The Morgan fingerprint density at radius 3 is 2.71 bits per heavy atom. The molecule has 21 heavy (non-hydrogen) atoms. The van der Waals surface area contributed by atoms with Crippen molar-refractivity contribution in [2.45, 2.75) is 32.9 Å². The largest absolute Gasteiger partial charge is 0.484 e. The third-order valence-electron chi connectivity index (χ3n) is 2.64. The van der Waals surface area contributed by atoms with Crippen LogP contribution in [0.1, 0.15) is 25.8 Å². The van der Waals surface area contributed by atoms with Crippen molar-refractivity contribution in [2.75, 3.05) is 13.2 Å². The molecule has 0 saturated carbocycles. The third-order valence-corrected chi connectivity index (χ3v) is 2.64. The Kier molecular flexibility index (Phi) is 7.25. The van der Waals surface area contributed by atoms with E-state index < -0.39 is 0 Å². The van der Waals surface area contributed by atoms with Gasteiger partial charge in [-0.1, -0.05) is 12.1 Å². The van der Waals surface area contributed by atoms with Gasteiger partial charge in [-0.2, -0.15) is 0 Å². The van der Waals surface area contributed by atoms with Gasteiger partial charge in [-0.05, 0) is 31.5 Å². The fourth-order valence-electron chi connectivity index (χ4n) is 1.71. The van der Waals surface area contributed by atoms with Gasteiger partial charge in [-0.25, -0.2) is 0 Å². The van der Waals surface area contributed by atoms with Gasteiger partial charge in [-0.15, -0.1) is 0 Å². The predicted molar refractivity (Wildman–Crippen MR) is 80.7 cm³/mol. The molecule has 0 spiro atoms. The average Bonchev–Trinajstić information content (AvgIpc) is 2.43. The van der Waals surface area contributed by atoms with Gasteiger partial charge in [-0.3, -0.25) is 9.59 Å². The lowest BCUT2D eigenvalue weighted by Gasteiger charge is -2.10. The number of nitrogens with two attached hydrogens (primary N) is 1. The normalized spacial score (nSPS) is 11.6. The molecular weight excluding hydrogens is 270 g/mol. The van der Waals surface area contributed by atoms with Gasteiger partial charge < -0.3 is 21.1 Å². The molecule has 0 aliphatic carbocycles. The quantitative estimate of drug-likeness (QED) is 0.652. The van der Waals surface area contributed by atoms with Crippen LogP contribution < -0.4 is 21.1 Å². The lowest BCUT2D eigenvalue weighted by atomic mass is 10.2. The van der Waals surface area contributed by atoms with Crippen molar-refractivity contribution in [1.82, 2.24) is 10.6 Å². The van der Waals surface area contributed by atoms with Gasteiger partial charge in [0.15, 0.2) is 6.61 Å². The number of amides is 2. The first-order chi connectivity index (χ1) is 10.0. The number of carbonyl (C=O) groups is 2. The van der Waals surface area contributed by atoms with E-state index >= 15 is 0 Å². The highest BCUT2D eigenvalue weighted by atomic mass is 16.5. The van der Waals surface area contributed by atoms with Crippen LogP contribution in [0.3, 0.4) is 0 Å². The third kappa shape index (κ3) is 7.31. The lowest BCUT2D eigenvalue weighted by Crippen LogP contribution is -2.29. The Hall–Kier alpha value is -2.08. The van der Waals surface area contributed by atoms with Crippen LogP contribution >= 0.6 is 0 Å². The second kappa shape index (κ2) is 8.97. The maximum atomic E-state index is 11.5. The Bertz CT molecular complexity index is 475. The number of ether oxygens (including phenoxy) is 1. The summed E-state index contributed by atoms with van der Waals surface area (Å²) < 4.78 is 5.39. The second-order valence-corrected chi connectivity index (χ2v) is 4.85. The molecule has 1 rings (SSSR count). The molecule has 0 fully saturated rings. The van der Waals surface area contributed by atoms with Crippen LogP contribution in [0.25, 0.3) is 0 Å². The Morgan fingerprint density at radius 2 is 2.05 bits per heavy atom. The van der Waals surface area contributed by atoms with Crippen molar-refractivity contribution in [3.05, 3.63) is 29.8 Å². The molecule has 0 radical (unpaired) electrons. The summed E-state index contributed by atoms with van der Waals surface area (Å²) in [5.74, 6) is 0.354. The molecule has 0 bridgehead atoms. The zero-order valence-electron chi connectivity index (χ0n) is 12.5. The van der Waals surface area contributed by atoms with Gasteiger partial charge in [0.25, 0.3) is 5.91 Å². The summed E-state index contributed by atoms with van der Waals surface area (Å²) in [5, 5.41) is 5.44. The lowest BCUT2D eigenvalue weighted by molar-refractivity contribution is -0.123. The van der Waals surface area contributed by atoms with E-state index in [0.29, 0.717) is 25.3 Å². The average molecular weight is 293 g/mol. The van der Waals surface area contributed by atoms with Gasteiger partial charge in [0.05, 0.1) is 0 Å². The zero-order chi connectivity index (χ0) is 15.7. The second-order valence-electron chi connectivity index (χ2n) is 4.85. The summed E-state index contributed by atoms with van der Waals surface area (Å²) >= 11 is 0. The van der Waals surface area contributed by atoms with Crippen LogP contribution in [0.4, 0.5) is 0 Å². The molecule has 6 heteroatoms. The molecule has 116 valence electrons. The molecule has 0 aliphatic heterocycles. The molecule has 0 heterocycles. The molecule has 1 aromatic rings. The summed E-state index contributed by atoms with van der Waals surface area (Å²) in [6, 6.07) is 7.11. The first-order valence-electron chi connectivity index (χ1n) is 7.02. The summed E-state index contributed by atoms with van der Waals surface area (Å²) in [6.45, 7) is 4.60. The zero-order valence-corrected chi connectivity index (χ0v) is 12.5. The van der Waals surface area contributed by atoms with E-state index in [0.717, 1.165) is 5.56 Å². The smallest absolute Gasteiger partial charge is 0.257 e. The molecule has 1 atom stereocenters. The topological polar surface area (TPSA) is 93.5 Å². The van der Waals surface area contributed by atoms with Gasteiger partial charge >= 0.3 is 0 Å². The van der Waals surface area contributed by atoms with E-state index in [-0.39, 0.29) is 24.5 Å². The number of rotatable bonds is 8. The minimum Gasteiger partial charge on any atom is -0.484 e. The standard InChI is InChI=1S/C15H23N3O3/c1-3-17-15(20)10-21-13-6-4-5-12(8-13)9-18-14(19)7-11(2)16/h4-6,8,11H,3,7,9-10,16H2,1-2H3,(H,17,20)(H,18,19). The SMILES string of the molecule is CCNC(=O)COc1cccc(CNC(=O)CC(C)N)c1. The Balaban J connectivity index is 2.45. The first kappa shape index (κ1) is 17.0. The number of hydrogen-bond donors (Lipinski definition) is 3. The molecule has 0 saturated heterocycles. The van der Waals surface area contributed by atoms with E-state index in [1.807, 2.05) is 19.1 Å². The van der Waals surface area contributed by atoms with Crippen LogP contribution in [0.15, 0.2) is 24.3 Å². The van der Waals surface area contributed by atoms with Gasteiger partial charge in [0.1, 0.15) is 5.75 Å². The number of benzene rings is 1. The van der Waals surface area contributed by atoms with Crippen molar-refractivity contribution in [3.8, 4) is 5.75 Å². The number of likely N-dealkylation sites (N-methyl/N-ethyl adjacent to an activating group) is 1. The minimum absolute atomic E-state index is 0.0195. The molecular formula is C15H23N3O3. The molecule has 0 aliphatic rings. The van der Waals surface area contributed by atoms with Crippen molar-refractivity contribution < 1.29 is 14.3 Å². The fraction of sp³-hybridized carbons (Fsp3) is 0.467. The molecule has 2 amide bonds. The predicted octanol–water partition coefficient (Wildman–Crippen LogP) is 0.555. The van der Waals surface area contributed by atoms with Crippen LogP contribution in [0.5, 0.6) is 5.75 Å². The fourth-order valence-corrected chi connectivity index (χ4v) is 1.71. The summed E-state index contributed by atoms with van der Waals surface area (Å²) in [6.07, 6.45) is 0.299. The Labute approximate surface area is 125 Å². The van der Waals surface area contributed by atoms with Crippen LogP contribution in [-0.4, -0.2) is 31.0 Å². The van der Waals surface area contributed by atoms with Crippen LogP contribution in [-0.2, 0) is 16.1 Å².